The first-order chi connectivity index (χ1) is 18.9. The van der Waals surface area contributed by atoms with Crippen molar-refractivity contribution >= 4 is 57.6 Å². The van der Waals surface area contributed by atoms with Crippen LogP contribution in [0.15, 0.2) is 83.8 Å². The molecule has 0 spiro atoms. The maximum atomic E-state index is 13.0. The van der Waals surface area contributed by atoms with Gasteiger partial charge < -0.3 is 10.1 Å². The van der Waals surface area contributed by atoms with E-state index in [1.54, 1.807) is 4.90 Å². The Bertz CT molecular complexity index is 1380. The number of nitrogens with zero attached hydrogens (tertiary/aromatic N) is 2. The molecule has 8 nitrogen and oxygen atoms in total. The second-order valence-electron chi connectivity index (χ2n) is 8.84. The summed E-state index contributed by atoms with van der Waals surface area (Å²) in [4.78, 5) is 37.5. The molecule has 0 aromatic heterocycles. The van der Waals surface area contributed by atoms with Crippen LogP contribution in [-0.4, -0.2) is 32.5 Å². The largest absolute Gasteiger partial charge is 0.489 e. The van der Waals surface area contributed by atoms with E-state index in [2.05, 4.69) is 5.32 Å². The van der Waals surface area contributed by atoms with Gasteiger partial charge in [0, 0.05) is 30.8 Å². The molecule has 0 atom stereocenters. The van der Waals surface area contributed by atoms with E-state index in [1.165, 1.54) is 36.0 Å². The molecule has 2 amide bonds. The molecule has 0 saturated carbocycles. The number of thiocarbonyl (C=S) groups is 1. The van der Waals surface area contributed by atoms with Gasteiger partial charge in [-0.3, -0.25) is 24.6 Å². The van der Waals surface area contributed by atoms with E-state index in [0.29, 0.717) is 47.3 Å². The van der Waals surface area contributed by atoms with Crippen molar-refractivity contribution in [3.63, 3.8) is 0 Å². The Kier molecular flexibility index (Phi) is 9.82. The molecule has 1 fully saturated rings. The normalized spacial score (nSPS) is 14.1. The van der Waals surface area contributed by atoms with Gasteiger partial charge in [-0.1, -0.05) is 72.9 Å². The number of anilines is 1. The van der Waals surface area contributed by atoms with Gasteiger partial charge in [0.05, 0.1) is 9.83 Å². The third-order valence-electron chi connectivity index (χ3n) is 5.93. The molecule has 0 aliphatic carbocycles. The summed E-state index contributed by atoms with van der Waals surface area (Å²) in [5.41, 5.74) is 2.43. The molecule has 3 aromatic rings. The van der Waals surface area contributed by atoms with Crippen LogP contribution in [0.1, 0.15) is 36.8 Å². The van der Waals surface area contributed by atoms with Crippen molar-refractivity contribution in [3.8, 4) is 5.75 Å². The van der Waals surface area contributed by atoms with Crippen molar-refractivity contribution < 1.29 is 19.2 Å². The highest BCUT2D eigenvalue weighted by Crippen LogP contribution is 2.33. The SMILES string of the molecule is O=C(CCCCCN1C(=O)/C(=C/c2cccc(OCc3ccccc3)c2)SC1=S)Nc1ccc([N+](=O)[O-])cc1. The Morgan fingerprint density at radius 2 is 1.79 bits per heavy atom. The van der Waals surface area contributed by atoms with Gasteiger partial charge in [-0.25, -0.2) is 0 Å². The van der Waals surface area contributed by atoms with E-state index in [-0.39, 0.29) is 17.5 Å². The number of carbonyl (C=O) groups is 2. The molecule has 1 aliphatic heterocycles. The number of rotatable bonds is 12. The summed E-state index contributed by atoms with van der Waals surface area (Å²) in [5.74, 6) is 0.449. The number of benzene rings is 3. The van der Waals surface area contributed by atoms with Crippen molar-refractivity contribution in [3.05, 3.63) is 105 Å². The molecule has 1 aliphatic rings. The third kappa shape index (κ3) is 8.23. The van der Waals surface area contributed by atoms with E-state index < -0.39 is 4.92 Å². The van der Waals surface area contributed by atoms with Crippen LogP contribution in [0.25, 0.3) is 6.08 Å². The molecular weight excluding hydrogens is 534 g/mol. The number of nitro groups is 1. The van der Waals surface area contributed by atoms with Crippen molar-refractivity contribution in [1.82, 2.24) is 4.90 Å². The fraction of sp³-hybridized carbons (Fsp3) is 0.207. The highest BCUT2D eigenvalue weighted by Gasteiger charge is 2.31. The number of nitrogens with one attached hydrogen (secondary N) is 1. The molecular formula is C29H27N3O5S2. The van der Waals surface area contributed by atoms with Crippen LogP contribution in [0.3, 0.4) is 0 Å². The summed E-state index contributed by atoms with van der Waals surface area (Å²) in [5, 5.41) is 13.5. The number of amides is 2. The average Bonchev–Trinajstić information content (AvgIpc) is 3.20. The lowest BCUT2D eigenvalue weighted by Crippen LogP contribution is -2.29. The lowest BCUT2D eigenvalue weighted by molar-refractivity contribution is -0.384. The average molecular weight is 562 g/mol. The van der Waals surface area contributed by atoms with Crippen LogP contribution in [0.5, 0.6) is 5.75 Å². The van der Waals surface area contributed by atoms with Gasteiger partial charge >= 0.3 is 0 Å². The van der Waals surface area contributed by atoms with Gasteiger partial charge in [0.1, 0.15) is 16.7 Å². The first kappa shape index (κ1) is 28.0. The maximum absolute atomic E-state index is 13.0. The van der Waals surface area contributed by atoms with Crippen LogP contribution in [0.4, 0.5) is 11.4 Å². The number of non-ortho nitro benzene ring substituents is 1. The fourth-order valence-corrected chi connectivity index (χ4v) is 5.21. The second kappa shape index (κ2) is 13.7. The van der Waals surface area contributed by atoms with Crippen LogP contribution in [0.2, 0.25) is 0 Å². The van der Waals surface area contributed by atoms with Crippen LogP contribution < -0.4 is 10.1 Å². The molecule has 1 N–H and O–H groups in total. The summed E-state index contributed by atoms with van der Waals surface area (Å²) >= 11 is 6.73. The summed E-state index contributed by atoms with van der Waals surface area (Å²) < 4.78 is 6.42. The minimum atomic E-state index is -0.486. The monoisotopic (exact) mass is 561 g/mol. The highest BCUT2D eigenvalue weighted by molar-refractivity contribution is 8.26. The van der Waals surface area contributed by atoms with Crippen molar-refractivity contribution in [2.24, 2.45) is 0 Å². The quantitative estimate of drug-likeness (QED) is 0.0877. The molecule has 0 unspecified atom stereocenters. The Morgan fingerprint density at radius 1 is 1.03 bits per heavy atom. The summed E-state index contributed by atoms with van der Waals surface area (Å²) in [6.07, 6.45) is 4.27. The molecule has 10 heteroatoms. The number of ether oxygens (including phenoxy) is 1. The van der Waals surface area contributed by atoms with E-state index >= 15 is 0 Å². The molecule has 3 aromatic carbocycles. The van der Waals surface area contributed by atoms with E-state index in [4.69, 9.17) is 17.0 Å². The van der Waals surface area contributed by atoms with E-state index in [9.17, 15) is 19.7 Å². The van der Waals surface area contributed by atoms with Gasteiger partial charge in [-0.2, -0.15) is 0 Å². The molecule has 4 rings (SSSR count). The Hall–Kier alpha value is -4.02. The molecule has 0 radical (unpaired) electrons. The number of unbranched alkanes of at least 4 members (excludes halogenated alkanes) is 2. The smallest absolute Gasteiger partial charge is 0.269 e. The van der Waals surface area contributed by atoms with E-state index in [0.717, 1.165) is 23.3 Å². The summed E-state index contributed by atoms with van der Waals surface area (Å²) in [6, 6.07) is 23.2. The maximum Gasteiger partial charge on any atom is 0.269 e. The zero-order valence-electron chi connectivity index (χ0n) is 21.1. The summed E-state index contributed by atoms with van der Waals surface area (Å²) in [7, 11) is 0. The van der Waals surface area contributed by atoms with Crippen molar-refractivity contribution in [2.75, 3.05) is 11.9 Å². The predicted molar refractivity (Wildman–Crippen MR) is 157 cm³/mol. The van der Waals surface area contributed by atoms with Gasteiger partial charge in [0.15, 0.2) is 0 Å². The molecule has 200 valence electrons. The minimum absolute atomic E-state index is 0.0279. The minimum Gasteiger partial charge on any atom is -0.489 e. The van der Waals surface area contributed by atoms with Crippen LogP contribution >= 0.6 is 24.0 Å². The number of hydrogen-bond acceptors (Lipinski definition) is 7. The third-order valence-corrected chi connectivity index (χ3v) is 7.30. The zero-order chi connectivity index (χ0) is 27.6. The Balaban J connectivity index is 1.21. The van der Waals surface area contributed by atoms with Crippen LogP contribution in [0, 0.1) is 10.1 Å². The predicted octanol–water partition coefficient (Wildman–Crippen LogP) is 6.57. The number of hydrogen-bond donors (Lipinski definition) is 1. The van der Waals surface area contributed by atoms with Gasteiger partial charge in [0.25, 0.3) is 11.6 Å². The standard InChI is InChI=1S/C29H27N3O5S2/c33-27(30-23-13-15-24(16-14-23)32(35)36)12-5-2-6-17-31-28(34)26(39-29(31)38)19-22-10-7-11-25(18-22)37-20-21-8-3-1-4-9-21/h1,3-4,7-11,13-16,18-19H,2,5-6,12,17,20H2,(H,30,33)/b26-19-. The van der Waals surface area contributed by atoms with Crippen molar-refractivity contribution in [1.29, 1.82) is 0 Å². The van der Waals surface area contributed by atoms with Crippen LogP contribution in [-0.2, 0) is 16.2 Å². The number of thioether (sulfide) groups is 1. The zero-order valence-corrected chi connectivity index (χ0v) is 22.7. The Labute approximate surface area is 236 Å². The van der Waals surface area contributed by atoms with Crippen molar-refractivity contribution in [2.45, 2.75) is 32.3 Å². The van der Waals surface area contributed by atoms with Gasteiger partial charge in [-0.05, 0) is 54.3 Å². The molecule has 39 heavy (non-hydrogen) atoms. The van der Waals surface area contributed by atoms with Gasteiger partial charge in [0.2, 0.25) is 5.91 Å². The van der Waals surface area contributed by atoms with Gasteiger partial charge in [-0.15, -0.1) is 0 Å². The first-order valence-electron chi connectivity index (χ1n) is 12.5. The lowest BCUT2D eigenvalue weighted by atomic mass is 10.1. The molecule has 0 bridgehead atoms. The number of nitro benzene ring substituents is 1. The lowest BCUT2D eigenvalue weighted by Gasteiger charge is -2.14. The number of carbonyl (C=O) groups excluding carboxylic acids is 2. The summed E-state index contributed by atoms with van der Waals surface area (Å²) in [6.45, 7) is 0.956. The fourth-order valence-electron chi connectivity index (χ4n) is 3.90. The first-order valence-corrected chi connectivity index (χ1v) is 13.7. The Morgan fingerprint density at radius 3 is 2.54 bits per heavy atom. The second-order valence-corrected chi connectivity index (χ2v) is 10.5. The highest BCUT2D eigenvalue weighted by atomic mass is 32.2. The topological polar surface area (TPSA) is 102 Å². The molecule has 1 heterocycles. The van der Waals surface area contributed by atoms with E-state index in [1.807, 2.05) is 60.7 Å². The molecule has 1 saturated heterocycles.